The van der Waals surface area contributed by atoms with Crippen molar-refractivity contribution in [3.8, 4) is 0 Å². The Morgan fingerprint density at radius 3 is 1.18 bits per heavy atom. The second kappa shape index (κ2) is 40.5. The van der Waals surface area contributed by atoms with Crippen LogP contribution in [0.3, 0.4) is 0 Å². The number of rotatable bonds is 34. The maximum Gasteiger partial charge on any atom is 0.529 e. The van der Waals surface area contributed by atoms with Crippen LogP contribution in [0, 0.1) is 0 Å². The number of hydrogen-bond acceptors (Lipinski definition) is 14. The van der Waals surface area contributed by atoms with Crippen molar-refractivity contribution in [2.75, 3.05) is 46.2 Å². The predicted octanol–water partition coefficient (Wildman–Crippen LogP) is 10.5. The average Bonchev–Trinajstić information content (AvgIpc) is 3.17. The van der Waals surface area contributed by atoms with Gasteiger partial charge in [0.05, 0.1) is 6.61 Å². The maximum atomic E-state index is 11.4. The summed E-state index contributed by atoms with van der Waals surface area (Å²) in [7, 11) is -9.77. The Hall–Kier alpha value is -1.41. The molecule has 65 heavy (non-hydrogen) atoms. The van der Waals surface area contributed by atoms with Gasteiger partial charge >= 0.3 is 40.9 Å². The molecule has 0 fully saturated rings. The van der Waals surface area contributed by atoms with Gasteiger partial charge < -0.3 is 58.7 Å². The summed E-state index contributed by atoms with van der Waals surface area (Å²) >= 11 is 0. The average molecular weight is 1000 g/mol. The van der Waals surface area contributed by atoms with E-state index in [2.05, 4.69) is 38.5 Å². The van der Waals surface area contributed by atoms with E-state index < -0.39 is 35.0 Å². The number of carbonyl (C=O) groups excluding carboxylic acids is 2. The van der Waals surface area contributed by atoms with Crippen LogP contribution in [0.4, 0.5) is 0 Å². The van der Waals surface area contributed by atoms with Crippen molar-refractivity contribution in [3.63, 3.8) is 0 Å². The van der Waals surface area contributed by atoms with Gasteiger partial charge in [-0.25, -0.2) is 4.79 Å². The summed E-state index contributed by atoms with van der Waals surface area (Å²) in [5.74, 6) is -0.530. The molecule has 388 valence electrons. The summed E-state index contributed by atoms with van der Waals surface area (Å²) in [6.07, 6.45) is 2.94. The fourth-order valence-electron chi connectivity index (χ4n) is 5.57. The van der Waals surface area contributed by atoms with Gasteiger partial charge in [0.25, 0.3) is 0 Å². The van der Waals surface area contributed by atoms with Gasteiger partial charge in [-0.2, -0.15) is 0 Å². The van der Waals surface area contributed by atoms with E-state index in [0.29, 0.717) is 57.1 Å². The first-order valence-corrected chi connectivity index (χ1v) is 32.0. The van der Waals surface area contributed by atoms with Crippen LogP contribution < -0.4 is 5.32 Å². The quantitative estimate of drug-likeness (QED) is 0.0281. The van der Waals surface area contributed by atoms with E-state index >= 15 is 0 Å². The molecule has 15 nitrogen and oxygen atoms in total. The van der Waals surface area contributed by atoms with E-state index in [9.17, 15) is 9.59 Å². The van der Waals surface area contributed by atoms with Crippen LogP contribution in [-0.2, 0) is 63.0 Å². The van der Waals surface area contributed by atoms with Crippen LogP contribution in [0.5, 0.6) is 0 Å². The third-order valence-corrected chi connectivity index (χ3v) is 20.3. The zero-order valence-corrected chi connectivity index (χ0v) is 48.9. The van der Waals surface area contributed by atoms with Crippen molar-refractivity contribution in [1.82, 2.24) is 5.32 Å². The molecule has 1 N–H and O–H groups in total. The third-order valence-electron chi connectivity index (χ3n) is 7.68. The highest BCUT2D eigenvalue weighted by atomic mass is 28.4. The Kier molecular flexibility index (Phi) is 43.7. The first-order valence-electron chi connectivity index (χ1n) is 23.8. The number of hydrogen-bond donors (Lipinski definition) is 1. The van der Waals surface area contributed by atoms with Crippen LogP contribution in [0.25, 0.3) is 0 Å². The van der Waals surface area contributed by atoms with Gasteiger partial charge in [-0.3, -0.25) is 4.79 Å². The molecule has 0 saturated carbocycles. The predicted molar refractivity (Wildman–Crippen MR) is 273 cm³/mol. The van der Waals surface area contributed by atoms with E-state index in [1.54, 1.807) is 12.6 Å². The van der Waals surface area contributed by atoms with Gasteiger partial charge in [0.1, 0.15) is 0 Å². The van der Waals surface area contributed by atoms with Gasteiger partial charge in [-0.05, 0) is 162 Å². The highest BCUT2D eigenvalue weighted by Crippen LogP contribution is 2.24. The minimum absolute atomic E-state index is 0.0159. The maximum absolute atomic E-state index is 11.4. The first kappa shape index (κ1) is 70.2. The lowest BCUT2D eigenvalue weighted by Gasteiger charge is -2.34. The van der Waals surface area contributed by atoms with Gasteiger partial charge in [0.2, 0.25) is 5.91 Å². The fraction of sp³-hybridized carbons (Fsp3) is 0.826. The summed E-state index contributed by atoms with van der Waals surface area (Å²) < 4.78 is 68.8. The monoisotopic (exact) mass is 1000 g/mol. The number of ether oxygens (including phenoxy) is 1. The van der Waals surface area contributed by atoms with Crippen molar-refractivity contribution >= 4 is 46.9 Å². The Balaban J connectivity index is -0.000000395. The van der Waals surface area contributed by atoms with E-state index in [4.69, 9.17) is 53.4 Å². The lowest BCUT2D eigenvalue weighted by atomic mass is 10.4. The molecule has 0 heterocycles. The molecule has 0 rings (SSSR count). The van der Waals surface area contributed by atoms with Gasteiger partial charge in [-0.15, -0.1) is 0 Å². The summed E-state index contributed by atoms with van der Waals surface area (Å²) in [4.78, 5) is 22.4. The zero-order chi connectivity index (χ0) is 51.3. The number of carbonyl (C=O) groups is 2. The molecular formula is C46H99NO14Si4. The van der Waals surface area contributed by atoms with Crippen LogP contribution in [-0.4, -0.2) is 130 Å². The van der Waals surface area contributed by atoms with Crippen molar-refractivity contribution in [2.45, 2.75) is 206 Å². The second-order valence-corrected chi connectivity index (χ2v) is 27.6. The topological polar surface area (TPSA) is 157 Å². The highest BCUT2D eigenvalue weighted by Gasteiger charge is 2.44. The summed E-state index contributed by atoms with van der Waals surface area (Å²) in [6.45, 7) is 54.2. The highest BCUT2D eigenvalue weighted by molar-refractivity contribution is 6.66. The molecule has 0 radical (unpaired) electrons. The molecule has 0 unspecified atom stereocenters. The Bertz CT molecular complexity index is 1150. The lowest BCUT2D eigenvalue weighted by molar-refractivity contribution is -0.139. The number of esters is 1. The van der Waals surface area contributed by atoms with Gasteiger partial charge in [-0.1, -0.05) is 26.7 Å². The minimum atomic E-state index is -2.80. The Labute approximate surface area is 402 Å². The molecule has 0 spiro atoms. The van der Waals surface area contributed by atoms with E-state index in [0.717, 1.165) is 25.7 Å². The van der Waals surface area contributed by atoms with Crippen LogP contribution in [0.2, 0.25) is 24.7 Å². The van der Waals surface area contributed by atoms with E-state index in [1.165, 1.54) is 6.08 Å². The molecule has 0 bridgehead atoms. The minimum Gasteiger partial charge on any atom is -0.462 e. The second-order valence-electron chi connectivity index (χ2n) is 16.4. The van der Waals surface area contributed by atoms with Gasteiger partial charge in [0.15, 0.2) is 0 Å². The normalized spacial score (nSPS) is 12.1. The molecule has 0 atom stereocenters. The smallest absolute Gasteiger partial charge is 0.462 e. The third kappa shape index (κ3) is 39.2. The molecule has 0 saturated heterocycles. The van der Waals surface area contributed by atoms with Gasteiger partial charge in [0, 0.05) is 93.9 Å². The summed E-state index contributed by atoms with van der Waals surface area (Å²) in [6, 6.07) is 2.36. The molecule has 19 heteroatoms. The van der Waals surface area contributed by atoms with Crippen molar-refractivity contribution in [1.29, 1.82) is 0 Å². The van der Waals surface area contributed by atoms with Crippen LogP contribution in [0.1, 0.15) is 144 Å². The first-order chi connectivity index (χ1) is 30.2. The molecule has 0 aliphatic rings. The Morgan fingerprint density at radius 1 is 0.554 bits per heavy atom. The van der Waals surface area contributed by atoms with Crippen molar-refractivity contribution in [2.24, 2.45) is 0 Å². The molecule has 0 aromatic rings. The fourth-order valence-corrected chi connectivity index (χ4v) is 15.6. The Morgan fingerprint density at radius 2 is 0.908 bits per heavy atom. The summed E-state index contributed by atoms with van der Waals surface area (Å²) in [5.41, 5.74) is 2.10. The largest absolute Gasteiger partial charge is 0.529 e. The molecule has 1 amide bonds. The number of amides is 1. The van der Waals surface area contributed by atoms with Crippen molar-refractivity contribution < 1.29 is 63.0 Å². The molecule has 0 aromatic carbocycles. The number of nitrogens with one attached hydrogen (secondary N) is 1. The zero-order valence-electron chi connectivity index (χ0n) is 44.9. The lowest BCUT2D eigenvalue weighted by Crippen LogP contribution is -2.50. The molecule has 0 aliphatic heterocycles. The van der Waals surface area contributed by atoms with E-state index in [-0.39, 0.29) is 48.5 Å². The van der Waals surface area contributed by atoms with Crippen LogP contribution in [0.15, 0.2) is 37.1 Å². The molecule has 0 aromatic heterocycles. The SMILES string of the molecule is C=C(C)C(=O)OCCC[Si](OC(C)C)(OC(C)C)OC(C)C.C=CC(=O)NCCC[Si](OCC)(OCC)OCC.C=C[Si](OC(C)C)(OC(C)C)OC(C)C.CCO[Si](C)(CC)OCC. The molecular weight excluding hydrogens is 903 g/mol. The standard InChI is InChI=1S/C16H32O5Si.C12H25NO4Si.C11H24O3Si.C7H18O2Si/c1-12(2)16(17)18-10-9-11-22(19-13(3)4,20-14(5)6)21-15(7)8;1-5-12(14)13-10-9-11-18(15-6-2,16-7-3)17-8-4;1-8-15(12-9(2)3,13-10(4)5)14-11(6)7;1-5-8-10(4,7-3)9-6-2/h13-15H,1,9-11H2,2-8H3;5H,1,6-11H2,2-4H3,(H,13,14);8-11H,1H2,2-7H3;5-7H2,1-4H3. The van der Waals surface area contributed by atoms with Crippen LogP contribution >= 0.6 is 0 Å². The van der Waals surface area contributed by atoms with Crippen molar-refractivity contribution in [3.05, 3.63) is 37.1 Å². The molecule has 0 aliphatic carbocycles. The van der Waals surface area contributed by atoms with E-state index in [1.807, 2.05) is 118 Å². The summed E-state index contributed by atoms with van der Waals surface area (Å²) in [5, 5.41) is 2.73.